The lowest BCUT2D eigenvalue weighted by atomic mass is 9.95. The Kier molecular flexibility index (Phi) is 4.83. The van der Waals surface area contributed by atoms with Gasteiger partial charge in [-0.2, -0.15) is 9.83 Å². The van der Waals surface area contributed by atoms with Gasteiger partial charge in [0.1, 0.15) is 18.2 Å². The molecular formula is C30H27N2O+. The van der Waals surface area contributed by atoms with Gasteiger partial charge in [0.05, 0.1) is 17.2 Å². The SMILES string of the molecule is Cc1ccc(-c2ccc(C#N)c3c2oc2c(-c4cc(C)c(C)c(C)[n+]4C)c(C)ccc23)cc1. The lowest BCUT2D eigenvalue weighted by Gasteiger charge is -2.10. The first-order valence-electron chi connectivity index (χ1n) is 11.2. The van der Waals surface area contributed by atoms with Crippen LogP contribution in [-0.2, 0) is 7.05 Å². The molecule has 0 aliphatic carbocycles. The van der Waals surface area contributed by atoms with Gasteiger partial charge in [0.2, 0.25) is 5.69 Å². The van der Waals surface area contributed by atoms with Crippen molar-refractivity contribution >= 4 is 21.9 Å². The minimum Gasteiger partial charge on any atom is -0.454 e. The Bertz CT molecular complexity index is 1610. The van der Waals surface area contributed by atoms with Crippen molar-refractivity contribution in [2.45, 2.75) is 34.6 Å². The highest BCUT2D eigenvalue weighted by Gasteiger charge is 2.25. The van der Waals surface area contributed by atoms with Crippen LogP contribution in [-0.4, -0.2) is 0 Å². The van der Waals surface area contributed by atoms with Crippen LogP contribution < -0.4 is 4.57 Å². The van der Waals surface area contributed by atoms with Crippen molar-refractivity contribution in [1.29, 1.82) is 5.26 Å². The summed E-state index contributed by atoms with van der Waals surface area (Å²) < 4.78 is 8.92. The van der Waals surface area contributed by atoms with Gasteiger partial charge in [0.25, 0.3) is 0 Å². The molecule has 162 valence electrons. The van der Waals surface area contributed by atoms with Crippen LogP contribution in [0.4, 0.5) is 0 Å². The molecule has 3 heteroatoms. The third-order valence-electron chi connectivity index (χ3n) is 7.09. The maximum absolute atomic E-state index is 9.90. The second-order valence-corrected chi connectivity index (χ2v) is 9.06. The highest BCUT2D eigenvalue weighted by Crippen LogP contribution is 2.42. The summed E-state index contributed by atoms with van der Waals surface area (Å²) in [5.41, 5.74) is 12.7. The number of aryl methyl sites for hydroxylation is 3. The average Bonchev–Trinajstić information content (AvgIpc) is 3.20. The van der Waals surface area contributed by atoms with Crippen molar-refractivity contribution in [3.05, 3.63) is 88.1 Å². The molecule has 5 aromatic rings. The van der Waals surface area contributed by atoms with Crippen LogP contribution in [0.5, 0.6) is 0 Å². The van der Waals surface area contributed by atoms with E-state index in [0.29, 0.717) is 5.56 Å². The number of benzene rings is 3. The van der Waals surface area contributed by atoms with Gasteiger partial charge >= 0.3 is 0 Å². The smallest absolute Gasteiger partial charge is 0.216 e. The van der Waals surface area contributed by atoms with Gasteiger partial charge in [0, 0.05) is 34.9 Å². The fourth-order valence-corrected chi connectivity index (χ4v) is 4.78. The number of nitrogens with zero attached hydrogens (tertiary/aromatic N) is 2. The molecule has 2 heterocycles. The highest BCUT2D eigenvalue weighted by atomic mass is 16.3. The van der Waals surface area contributed by atoms with E-state index in [4.69, 9.17) is 4.42 Å². The van der Waals surface area contributed by atoms with Gasteiger partial charge in [0.15, 0.2) is 5.69 Å². The highest BCUT2D eigenvalue weighted by molar-refractivity contribution is 6.15. The molecule has 5 rings (SSSR count). The normalized spacial score (nSPS) is 11.3. The summed E-state index contributed by atoms with van der Waals surface area (Å²) in [4.78, 5) is 0. The maximum Gasteiger partial charge on any atom is 0.216 e. The average molecular weight is 432 g/mol. The van der Waals surface area contributed by atoms with E-state index >= 15 is 0 Å². The lowest BCUT2D eigenvalue weighted by molar-refractivity contribution is -0.667. The summed E-state index contributed by atoms with van der Waals surface area (Å²) in [5.74, 6) is 0. The summed E-state index contributed by atoms with van der Waals surface area (Å²) in [6, 6.07) is 21.2. The van der Waals surface area contributed by atoms with Crippen molar-refractivity contribution < 1.29 is 8.98 Å². The minimum atomic E-state index is 0.634. The number of furan rings is 1. The third kappa shape index (κ3) is 3.14. The van der Waals surface area contributed by atoms with Crippen LogP contribution in [0, 0.1) is 45.9 Å². The number of hydrogen-bond acceptors (Lipinski definition) is 2. The van der Waals surface area contributed by atoms with E-state index < -0.39 is 0 Å². The Balaban J connectivity index is 1.93. The second-order valence-electron chi connectivity index (χ2n) is 9.06. The molecular weight excluding hydrogens is 404 g/mol. The molecule has 3 nitrogen and oxygen atoms in total. The molecule has 0 aliphatic rings. The number of pyridine rings is 1. The maximum atomic E-state index is 9.90. The molecule has 0 N–H and O–H groups in total. The van der Waals surface area contributed by atoms with Crippen molar-refractivity contribution in [3.63, 3.8) is 0 Å². The molecule has 0 saturated carbocycles. The Morgan fingerprint density at radius 3 is 2.24 bits per heavy atom. The van der Waals surface area contributed by atoms with Crippen molar-refractivity contribution in [2.75, 3.05) is 0 Å². The monoisotopic (exact) mass is 431 g/mol. The van der Waals surface area contributed by atoms with Gasteiger partial charge < -0.3 is 4.42 Å². The Morgan fingerprint density at radius 1 is 0.818 bits per heavy atom. The standard InChI is InChI=1S/C30H27N2O/c1-17-7-10-22(11-8-17)24-14-12-23(16-31)28-25-13-9-18(2)27(30(25)33-29(24)28)26-15-19(3)20(4)21(5)32(26)6/h7-15H,1-6H3/q+1. The third-order valence-corrected chi connectivity index (χ3v) is 7.09. The first kappa shape index (κ1) is 21.0. The Morgan fingerprint density at radius 2 is 1.55 bits per heavy atom. The molecule has 0 atom stereocenters. The number of aromatic nitrogens is 1. The molecule has 33 heavy (non-hydrogen) atoms. The van der Waals surface area contributed by atoms with E-state index in [9.17, 15) is 5.26 Å². The largest absolute Gasteiger partial charge is 0.454 e. The predicted octanol–water partition coefficient (Wildman–Crippen LogP) is 7.16. The molecule has 0 fully saturated rings. The first-order chi connectivity index (χ1) is 15.8. The summed E-state index contributed by atoms with van der Waals surface area (Å²) in [6.45, 7) is 10.7. The van der Waals surface area contributed by atoms with Gasteiger partial charge in [-0.1, -0.05) is 42.0 Å². The van der Waals surface area contributed by atoms with Crippen LogP contribution in [0.25, 0.3) is 44.3 Å². The molecule has 0 saturated heterocycles. The predicted molar refractivity (Wildman–Crippen MR) is 134 cm³/mol. The van der Waals surface area contributed by atoms with E-state index in [2.05, 4.69) is 94.8 Å². The lowest BCUT2D eigenvalue weighted by Crippen LogP contribution is -2.36. The number of hydrogen-bond donors (Lipinski definition) is 0. The summed E-state index contributed by atoms with van der Waals surface area (Å²) in [5, 5.41) is 11.8. The van der Waals surface area contributed by atoms with Gasteiger partial charge in [-0.15, -0.1) is 0 Å². The molecule has 0 bridgehead atoms. The van der Waals surface area contributed by atoms with E-state index in [1.807, 2.05) is 12.1 Å². The fraction of sp³-hybridized carbons (Fsp3) is 0.200. The van der Waals surface area contributed by atoms with Crippen LogP contribution in [0.3, 0.4) is 0 Å². The van der Waals surface area contributed by atoms with Crippen molar-refractivity contribution in [1.82, 2.24) is 0 Å². The Labute approximate surface area is 194 Å². The number of nitriles is 1. The zero-order valence-electron chi connectivity index (χ0n) is 20.0. The van der Waals surface area contributed by atoms with Gasteiger partial charge in [-0.05, 0) is 56.5 Å². The molecule has 0 amide bonds. The molecule has 0 aliphatic heterocycles. The van der Waals surface area contributed by atoms with Gasteiger partial charge in [-0.3, -0.25) is 0 Å². The Hall–Kier alpha value is -3.90. The number of rotatable bonds is 2. The van der Waals surface area contributed by atoms with Crippen molar-refractivity contribution in [2.24, 2.45) is 7.05 Å². The van der Waals surface area contributed by atoms with E-state index in [1.165, 1.54) is 22.4 Å². The molecule has 3 aromatic carbocycles. The van der Waals surface area contributed by atoms with Crippen LogP contribution >= 0.6 is 0 Å². The summed E-state index contributed by atoms with van der Waals surface area (Å²) >= 11 is 0. The van der Waals surface area contributed by atoms with Crippen molar-refractivity contribution in [3.8, 4) is 28.5 Å². The van der Waals surface area contributed by atoms with E-state index in [1.54, 1.807) is 0 Å². The topological polar surface area (TPSA) is 40.8 Å². The van der Waals surface area contributed by atoms with Gasteiger partial charge in [-0.25, -0.2) is 0 Å². The zero-order valence-corrected chi connectivity index (χ0v) is 20.0. The van der Waals surface area contributed by atoms with Crippen LogP contribution in [0.15, 0.2) is 59.0 Å². The number of fused-ring (bicyclic) bond motifs is 3. The summed E-state index contributed by atoms with van der Waals surface area (Å²) in [7, 11) is 2.11. The molecule has 0 radical (unpaired) electrons. The van der Waals surface area contributed by atoms with E-state index in [0.717, 1.165) is 49.9 Å². The summed E-state index contributed by atoms with van der Waals surface area (Å²) in [6.07, 6.45) is 0. The first-order valence-corrected chi connectivity index (χ1v) is 11.2. The molecule has 0 unspecified atom stereocenters. The zero-order chi connectivity index (χ0) is 23.4. The minimum absolute atomic E-state index is 0.634. The fourth-order valence-electron chi connectivity index (χ4n) is 4.78. The van der Waals surface area contributed by atoms with E-state index in [-0.39, 0.29) is 0 Å². The second kappa shape index (κ2) is 7.60. The quantitative estimate of drug-likeness (QED) is 0.278. The van der Waals surface area contributed by atoms with Crippen LogP contribution in [0.1, 0.15) is 33.5 Å². The molecule has 0 spiro atoms. The van der Waals surface area contributed by atoms with Crippen LogP contribution in [0.2, 0.25) is 0 Å². The molecule has 2 aromatic heterocycles.